The second-order valence-electron chi connectivity index (χ2n) is 5.87. The van der Waals surface area contributed by atoms with Gasteiger partial charge in [0.1, 0.15) is 22.9 Å². The highest BCUT2D eigenvalue weighted by atomic mass is 19.1. The molecule has 0 aliphatic carbocycles. The summed E-state index contributed by atoms with van der Waals surface area (Å²) in [5.41, 5.74) is 5.39. The zero-order chi connectivity index (χ0) is 24.2. The van der Waals surface area contributed by atoms with Crippen molar-refractivity contribution in [2.75, 3.05) is 19.0 Å². The van der Waals surface area contributed by atoms with E-state index in [1.807, 2.05) is 46.8 Å². The van der Waals surface area contributed by atoms with E-state index in [9.17, 15) is 18.4 Å². The normalized spacial score (nSPS) is 9.06. The number of nitrogens with zero attached hydrogens (tertiary/aromatic N) is 1. The summed E-state index contributed by atoms with van der Waals surface area (Å²) in [5.74, 6) is -2.96. The Morgan fingerprint density at radius 2 is 1.74 bits per heavy atom. The van der Waals surface area contributed by atoms with Crippen LogP contribution in [0.3, 0.4) is 0 Å². The maximum atomic E-state index is 13.3. The molecule has 0 aliphatic heterocycles. The Hall–Kier alpha value is -3.33. The molecule has 7 nitrogen and oxygen atoms in total. The van der Waals surface area contributed by atoms with Crippen LogP contribution in [-0.2, 0) is 4.74 Å². The number of hydrogen-bond donors (Lipinski definition) is 3. The summed E-state index contributed by atoms with van der Waals surface area (Å²) < 4.78 is 31.3. The summed E-state index contributed by atoms with van der Waals surface area (Å²) in [6.07, 6.45) is 7.31. The van der Waals surface area contributed by atoms with Gasteiger partial charge >= 0.3 is 0 Å². The van der Waals surface area contributed by atoms with Crippen LogP contribution in [0.15, 0.2) is 48.4 Å². The third kappa shape index (κ3) is 13.5. The van der Waals surface area contributed by atoms with E-state index >= 15 is 0 Å². The van der Waals surface area contributed by atoms with Crippen molar-refractivity contribution < 1.29 is 23.1 Å². The number of aromatic nitrogens is 2. The van der Waals surface area contributed by atoms with E-state index in [-0.39, 0.29) is 11.4 Å². The molecule has 0 unspecified atom stereocenters. The van der Waals surface area contributed by atoms with Crippen LogP contribution in [0, 0.1) is 11.6 Å². The standard InChI is InChI=1S/C11H7F2N3O2.C5H10O.C4H8.C2H7N/c12-6-2-1-3-7(13)10(6)11(18)15-8-4-14-16-9(8)5-17;1-5(2)4-6-3;1-3-4-2;1-2-3/h1-5H,(H,14,16)(H,15,18);4H,1-3H3;3-4H,1-2H3;2-3H2,1H3/b;;4-3-;. The number of carbonyl (C=O) groups is 2. The average Bonchev–Trinajstić information content (AvgIpc) is 3.16. The summed E-state index contributed by atoms with van der Waals surface area (Å²) in [6, 6.07) is 3.08. The predicted molar refractivity (Wildman–Crippen MR) is 120 cm³/mol. The lowest BCUT2D eigenvalue weighted by Crippen LogP contribution is -2.16. The van der Waals surface area contributed by atoms with E-state index in [1.165, 1.54) is 11.8 Å². The summed E-state index contributed by atoms with van der Waals surface area (Å²) in [6.45, 7) is 10.6. The quantitative estimate of drug-likeness (QED) is 0.359. The number of carbonyl (C=O) groups excluding carboxylic acids is 2. The van der Waals surface area contributed by atoms with Crippen LogP contribution in [0.5, 0.6) is 0 Å². The molecule has 1 aromatic carbocycles. The van der Waals surface area contributed by atoms with Gasteiger partial charge in [0.05, 0.1) is 25.3 Å². The van der Waals surface area contributed by atoms with Gasteiger partial charge in [-0.2, -0.15) is 5.10 Å². The van der Waals surface area contributed by atoms with Gasteiger partial charge < -0.3 is 15.8 Å². The van der Waals surface area contributed by atoms with Crippen molar-refractivity contribution in [2.45, 2.75) is 34.6 Å². The lowest BCUT2D eigenvalue weighted by atomic mass is 10.2. The van der Waals surface area contributed by atoms with Crippen molar-refractivity contribution in [3.63, 3.8) is 0 Å². The van der Waals surface area contributed by atoms with Gasteiger partial charge in [0, 0.05) is 0 Å². The highest BCUT2D eigenvalue weighted by Gasteiger charge is 2.18. The first-order valence-corrected chi connectivity index (χ1v) is 9.41. The van der Waals surface area contributed by atoms with Crippen molar-refractivity contribution in [2.24, 2.45) is 5.73 Å². The van der Waals surface area contributed by atoms with Crippen molar-refractivity contribution in [3.05, 3.63) is 71.3 Å². The number of benzene rings is 1. The molecule has 1 heterocycles. The fourth-order valence-electron chi connectivity index (χ4n) is 1.62. The number of H-pyrrole nitrogens is 1. The van der Waals surface area contributed by atoms with Gasteiger partial charge in [-0.05, 0) is 51.9 Å². The second kappa shape index (κ2) is 18.7. The molecule has 4 N–H and O–H groups in total. The van der Waals surface area contributed by atoms with Gasteiger partial charge in [-0.1, -0.05) is 25.1 Å². The Labute approximate surface area is 182 Å². The van der Waals surface area contributed by atoms with E-state index in [2.05, 4.69) is 20.3 Å². The van der Waals surface area contributed by atoms with Gasteiger partial charge in [0.2, 0.25) is 0 Å². The van der Waals surface area contributed by atoms with Crippen LogP contribution >= 0.6 is 0 Å². The average molecular weight is 439 g/mol. The minimum absolute atomic E-state index is 0.0140. The van der Waals surface area contributed by atoms with Crippen LogP contribution < -0.4 is 11.1 Å². The molecule has 0 atom stereocenters. The second-order valence-corrected chi connectivity index (χ2v) is 5.87. The molecular weight excluding hydrogens is 406 g/mol. The number of nitrogens with one attached hydrogen (secondary N) is 2. The van der Waals surface area contributed by atoms with E-state index < -0.39 is 23.1 Å². The largest absolute Gasteiger partial charge is 0.504 e. The highest BCUT2D eigenvalue weighted by Crippen LogP contribution is 2.16. The third-order valence-corrected chi connectivity index (χ3v) is 2.91. The Kier molecular flexibility index (Phi) is 18.0. The van der Waals surface area contributed by atoms with Gasteiger partial charge in [0.15, 0.2) is 6.29 Å². The van der Waals surface area contributed by atoms with E-state index in [0.717, 1.165) is 24.7 Å². The van der Waals surface area contributed by atoms with Gasteiger partial charge in [-0.25, -0.2) is 8.78 Å². The number of amides is 1. The molecule has 31 heavy (non-hydrogen) atoms. The highest BCUT2D eigenvalue weighted by molar-refractivity contribution is 6.06. The predicted octanol–water partition coefficient (Wildman–Crippen LogP) is 4.86. The Bertz CT molecular complexity index is 806. The Morgan fingerprint density at radius 1 is 1.23 bits per heavy atom. The molecule has 9 heteroatoms. The van der Waals surface area contributed by atoms with E-state index in [0.29, 0.717) is 6.29 Å². The summed E-state index contributed by atoms with van der Waals surface area (Å²) in [5, 5.41) is 8.04. The SMILES string of the molecule is C/C=C\C.CCN.COC=C(C)C.O=Cc1[nH]ncc1NC(=O)c1c(F)cccc1F. The lowest BCUT2D eigenvalue weighted by molar-refractivity contribution is 0.101. The van der Waals surface area contributed by atoms with Gasteiger partial charge in [-0.15, -0.1) is 0 Å². The first-order chi connectivity index (χ1) is 14.7. The number of aldehydes is 1. The number of methoxy groups -OCH3 is 1. The van der Waals surface area contributed by atoms with Crippen molar-refractivity contribution in [1.82, 2.24) is 10.2 Å². The topological polar surface area (TPSA) is 110 Å². The van der Waals surface area contributed by atoms with Gasteiger partial charge in [0.25, 0.3) is 5.91 Å². The minimum atomic E-state index is -0.991. The van der Waals surface area contributed by atoms with Crippen LogP contribution in [0.1, 0.15) is 55.5 Å². The van der Waals surface area contributed by atoms with Crippen LogP contribution in [0.4, 0.5) is 14.5 Å². The Morgan fingerprint density at radius 3 is 2.10 bits per heavy atom. The molecule has 2 aromatic rings. The maximum absolute atomic E-state index is 13.3. The summed E-state index contributed by atoms with van der Waals surface area (Å²) in [4.78, 5) is 22.2. The summed E-state index contributed by atoms with van der Waals surface area (Å²) in [7, 11) is 1.65. The number of allylic oxidation sites excluding steroid dienone is 3. The van der Waals surface area contributed by atoms with Gasteiger partial charge in [-0.3, -0.25) is 14.7 Å². The molecule has 1 aromatic heterocycles. The Balaban J connectivity index is 0. The number of ether oxygens (including phenoxy) is 1. The maximum Gasteiger partial charge on any atom is 0.261 e. The number of rotatable bonds is 4. The molecule has 0 aliphatic rings. The minimum Gasteiger partial charge on any atom is -0.504 e. The van der Waals surface area contributed by atoms with Crippen molar-refractivity contribution in [1.29, 1.82) is 0 Å². The molecule has 0 bridgehead atoms. The zero-order valence-corrected chi connectivity index (χ0v) is 18.8. The molecule has 0 spiro atoms. The third-order valence-electron chi connectivity index (χ3n) is 2.91. The molecule has 0 saturated carbocycles. The monoisotopic (exact) mass is 438 g/mol. The number of halogens is 2. The first-order valence-electron chi connectivity index (χ1n) is 9.41. The van der Waals surface area contributed by atoms with Crippen molar-refractivity contribution in [3.8, 4) is 0 Å². The number of anilines is 1. The fraction of sp³-hybridized carbons (Fsp3) is 0.318. The smallest absolute Gasteiger partial charge is 0.261 e. The van der Waals surface area contributed by atoms with E-state index in [1.54, 1.807) is 13.4 Å². The lowest BCUT2D eigenvalue weighted by Gasteiger charge is -2.05. The molecule has 1 amide bonds. The molecule has 0 radical (unpaired) electrons. The summed E-state index contributed by atoms with van der Waals surface area (Å²) >= 11 is 0. The first kappa shape index (κ1) is 29.9. The molecule has 0 saturated heterocycles. The molecule has 172 valence electrons. The fourth-order valence-corrected chi connectivity index (χ4v) is 1.62. The molecule has 0 fully saturated rings. The number of nitrogens with two attached hydrogens (primary N) is 1. The van der Waals surface area contributed by atoms with Crippen LogP contribution in [-0.4, -0.2) is 36.0 Å². The number of aromatic amines is 1. The molecular formula is C22H32F2N4O3. The number of hydrogen-bond acceptors (Lipinski definition) is 5. The molecule has 2 rings (SSSR count). The van der Waals surface area contributed by atoms with Crippen LogP contribution in [0.25, 0.3) is 0 Å². The van der Waals surface area contributed by atoms with Crippen LogP contribution in [0.2, 0.25) is 0 Å². The van der Waals surface area contributed by atoms with Crippen molar-refractivity contribution >= 4 is 17.9 Å². The zero-order valence-electron chi connectivity index (χ0n) is 18.8. The van der Waals surface area contributed by atoms with E-state index in [4.69, 9.17) is 5.73 Å².